The van der Waals surface area contributed by atoms with Crippen molar-refractivity contribution >= 4 is 40.6 Å². The third kappa shape index (κ3) is 7.68. The van der Waals surface area contributed by atoms with Gasteiger partial charge in [0, 0.05) is 21.5 Å². The average molecular weight is 538 g/mol. The molecule has 1 unspecified atom stereocenters. The zero-order valence-corrected chi connectivity index (χ0v) is 22.4. The van der Waals surface area contributed by atoms with Crippen LogP contribution in [-0.2, 0) is 4.79 Å². The SMILES string of the molecule is CC.CC/C(=N\N1CN=C(c2ccc(Oc3ccccc3)cc2)C=C1C1C=CC(Cl)=CC(Cl)=C1)C(=O)O. The molecule has 0 bridgehead atoms. The molecule has 2 aromatic rings. The topological polar surface area (TPSA) is 74.5 Å². The molecule has 1 aliphatic carbocycles. The molecule has 0 aromatic heterocycles. The summed E-state index contributed by atoms with van der Waals surface area (Å²) in [5, 5.41) is 16.4. The van der Waals surface area contributed by atoms with Gasteiger partial charge in [0.1, 0.15) is 23.9 Å². The first-order valence-electron chi connectivity index (χ1n) is 12.0. The number of aliphatic imine (C=N–C) groups is 1. The molecule has 0 radical (unpaired) electrons. The van der Waals surface area contributed by atoms with Crippen LogP contribution in [-0.4, -0.2) is 34.2 Å². The van der Waals surface area contributed by atoms with Crippen LogP contribution in [0.15, 0.2) is 111 Å². The first-order valence-corrected chi connectivity index (χ1v) is 12.8. The van der Waals surface area contributed by atoms with E-state index < -0.39 is 5.97 Å². The maximum absolute atomic E-state index is 11.6. The highest BCUT2D eigenvalue weighted by Crippen LogP contribution is 2.30. The number of benzene rings is 2. The van der Waals surface area contributed by atoms with Crippen LogP contribution in [0.4, 0.5) is 0 Å². The van der Waals surface area contributed by atoms with E-state index in [-0.39, 0.29) is 24.7 Å². The number of hydrogen-bond acceptors (Lipinski definition) is 5. The largest absolute Gasteiger partial charge is 0.477 e. The molecule has 8 heteroatoms. The maximum Gasteiger partial charge on any atom is 0.352 e. The Labute approximate surface area is 227 Å². The van der Waals surface area contributed by atoms with Gasteiger partial charge in [-0.05, 0) is 61.0 Å². The molecule has 0 spiro atoms. The van der Waals surface area contributed by atoms with Gasteiger partial charge in [-0.25, -0.2) is 9.80 Å². The van der Waals surface area contributed by atoms with Crippen molar-refractivity contribution in [2.45, 2.75) is 27.2 Å². The number of carbonyl (C=O) groups is 1. The molecule has 1 N–H and O–H groups in total. The number of aliphatic carboxylic acids is 1. The summed E-state index contributed by atoms with van der Waals surface area (Å²) in [6, 6.07) is 17.2. The summed E-state index contributed by atoms with van der Waals surface area (Å²) in [5.74, 6) is 0.123. The monoisotopic (exact) mass is 537 g/mol. The van der Waals surface area contributed by atoms with Crippen LogP contribution in [0.1, 0.15) is 32.8 Å². The minimum atomic E-state index is -1.06. The first kappa shape index (κ1) is 28.0. The molecular weight excluding hydrogens is 509 g/mol. The van der Waals surface area contributed by atoms with Crippen molar-refractivity contribution in [3.8, 4) is 11.5 Å². The number of carboxylic acid groups (broad SMARTS) is 1. The van der Waals surface area contributed by atoms with Crippen molar-refractivity contribution in [2.24, 2.45) is 16.0 Å². The Morgan fingerprint density at radius 3 is 2.38 bits per heavy atom. The summed E-state index contributed by atoms with van der Waals surface area (Å²) < 4.78 is 5.88. The van der Waals surface area contributed by atoms with E-state index in [2.05, 4.69) is 10.1 Å². The fourth-order valence-corrected chi connectivity index (χ4v) is 4.08. The number of hydrogen-bond donors (Lipinski definition) is 1. The van der Waals surface area contributed by atoms with Gasteiger partial charge in [-0.15, -0.1) is 0 Å². The molecule has 2 aromatic carbocycles. The van der Waals surface area contributed by atoms with E-state index in [4.69, 9.17) is 27.9 Å². The highest BCUT2D eigenvalue weighted by molar-refractivity contribution is 6.36. The molecule has 1 atom stereocenters. The predicted octanol–water partition coefficient (Wildman–Crippen LogP) is 7.73. The minimum absolute atomic E-state index is 0.0424. The van der Waals surface area contributed by atoms with Crippen molar-refractivity contribution in [2.75, 3.05) is 6.67 Å². The summed E-state index contributed by atoms with van der Waals surface area (Å²) >= 11 is 12.5. The standard InChI is InChI=1S/C27H23Cl2N3O3.C2H6/c1-2-24(27(33)34)31-32-17-30-25(16-26(32)19-8-11-20(28)15-21(29)14-19)18-9-12-23(13-10-18)35-22-6-4-3-5-7-22;1-2/h3-16,19H,2,17H2,1H3,(H,33,34);1-2H3/b31-24+;. The van der Waals surface area contributed by atoms with Gasteiger partial charge < -0.3 is 9.84 Å². The third-order valence-electron chi connectivity index (χ3n) is 5.33. The van der Waals surface area contributed by atoms with E-state index in [1.165, 1.54) is 0 Å². The molecule has 192 valence electrons. The first-order chi connectivity index (χ1) is 17.9. The number of carboxylic acids is 1. The summed E-state index contributed by atoms with van der Waals surface area (Å²) in [7, 11) is 0. The number of halogens is 2. The molecule has 0 saturated carbocycles. The van der Waals surface area contributed by atoms with Crippen LogP contribution in [0.5, 0.6) is 11.5 Å². The van der Waals surface area contributed by atoms with Gasteiger partial charge in [0.2, 0.25) is 0 Å². The van der Waals surface area contributed by atoms with Crippen LogP contribution in [0.2, 0.25) is 0 Å². The second kappa shape index (κ2) is 13.6. The molecule has 37 heavy (non-hydrogen) atoms. The molecular formula is C29H29Cl2N3O3. The second-order valence-electron chi connectivity index (χ2n) is 7.76. The average Bonchev–Trinajstić information content (AvgIpc) is 3.09. The molecule has 2 aliphatic rings. The van der Waals surface area contributed by atoms with Gasteiger partial charge in [-0.1, -0.05) is 74.3 Å². The number of ether oxygens (including phenoxy) is 1. The highest BCUT2D eigenvalue weighted by atomic mass is 35.5. The fourth-order valence-electron chi connectivity index (χ4n) is 3.58. The Kier molecular flexibility index (Phi) is 10.3. The molecule has 1 heterocycles. The van der Waals surface area contributed by atoms with Crippen molar-refractivity contribution in [1.29, 1.82) is 0 Å². The molecule has 1 aliphatic heterocycles. The van der Waals surface area contributed by atoms with Crippen molar-refractivity contribution in [1.82, 2.24) is 5.01 Å². The van der Waals surface area contributed by atoms with Crippen LogP contribution in [0, 0.1) is 5.92 Å². The van der Waals surface area contributed by atoms with Gasteiger partial charge in [0.15, 0.2) is 0 Å². The molecule has 0 amide bonds. The van der Waals surface area contributed by atoms with E-state index in [1.807, 2.05) is 86.7 Å². The van der Waals surface area contributed by atoms with Crippen LogP contribution in [0.25, 0.3) is 0 Å². The number of para-hydroxylation sites is 1. The van der Waals surface area contributed by atoms with Crippen molar-refractivity contribution < 1.29 is 14.6 Å². The lowest BCUT2D eigenvalue weighted by atomic mass is 9.99. The second-order valence-corrected chi connectivity index (χ2v) is 8.64. The summed E-state index contributed by atoms with van der Waals surface area (Å²) in [5.41, 5.74) is 2.42. The van der Waals surface area contributed by atoms with Gasteiger partial charge >= 0.3 is 5.97 Å². The van der Waals surface area contributed by atoms with E-state index in [0.29, 0.717) is 15.8 Å². The zero-order chi connectivity index (χ0) is 26.8. The Morgan fingerprint density at radius 2 is 1.73 bits per heavy atom. The number of nitrogens with zero attached hydrogens (tertiary/aromatic N) is 3. The van der Waals surface area contributed by atoms with Gasteiger partial charge in [0.25, 0.3) is 0 Å². The van der Waals surface area contributed by atoms with Crippen molar-refractivity contribution in [3.05, 3.63) is 106 Å². The van der Waals surface area contributed by atoms with E-state index in [9.17, 15) is 9.90 Å². The Morgan fingerprint density at radius 1 is 1.05 bits per heavy atom. The molecule has 0 fully saturated rings. The summed E-state index contributed by atoms with van der Waals surface area (Å²) in [6.45, 7) is 5.91. The normalized spacial score (nSPS) is 17.4. The predicted molar refractivity (Wildman–Crippen MR) is 151 cm³/mol. The van der Waals surface area contributed by atoms with Crippen LogP contribution >= 0.6 is 23.2 Å². The lowest BCUT2D eigenvalue weighted by molar-refractivity contribution is -0.129. The minimum Gasteiger partial charge on any atom is -0.477 e. The van der Waals surface area contributed by atoms with E-state index >= 15 is 0 Å². The van der Waals surface area contributed by atoms with Gasteiger partial charge in [-0.2, -0.15) is 5.10 Å². The van der Waals surface area contributed by atoms with E-state index in [1.54, 1.807) is 24.1 Å². The smallest absolute Gasteiger partial charge is 0.352 e. The molecule has 0 saturated heterocycles. The van der Waals surface area contributed by atoms with Crippen LogP contribution < -0.4 is 4.74 Å². The summed E-state index contributed by atoms with van der Waals surface area (Å²) in [4.78, 5) is 16.2. The number of rotatable bonds is 7. The zero-order valence-electron chi connectivity index (χ0n) is 20.9. The number of hydrazone groups is 1. The van der Waals surface area contributed by atoms with Crippen LogP contribution in [0.3, 0.4) is 0 Å². The molecule has 4 rings (SSSR count). The third-order valence-corrected chi connectivity index (χ3v) is 5.80. The Balaban J connectivity index is 0.00000186. The maximum atomic E-state index is 11.6. The van der Waals surface area contributed by atoms with Gasteiger partial charge in [-0.3, -0.25) is 4.99 Å². The quantitative estimate of drug-likeness (QED) is 0.366. The van der Waals surface area contributed by atoms with Gasteiger partial charge in [0.05, 0.1) is 11.4 Å². The molecule has 6 nitrogen and oxygen atoms in total. The Hall–Kier alpha value is -3.61. The van der Waals surface area contributed by atoms with Crippen molar-refractivity contribution in [3.63, 3.8) is 0 Å². The fraction of sp³-hybridized carbons (Fsp3) is 0.207. The Bertz CT molecular complexity index is 1280. The lowest BCUT2D eigenvalue weighted by Gasteiger charge is -2.28. The number of allylic oxidation sites excluding steroid dienone is 6. The van der Waals surface area contributed by atoms with E-state index in [0.717, 1.165) is 22.7 Å². The summed E-state index contributed by atoms with van der Waals surface area (Å²) in [6.07, 6.45) is 9.33. The lowest BCUT2D eigenvalue weighted by Crippen LogP contribution is -2.29. The highest BCUT2D eigenvalue weighted by Gasteiger charge is 2.24.